The summed E-state index contributed by atoms with van der Waals surface area (Å²) in [7, 11) is 1.37. The third-order valence-corrected chi connectivity index (χ3v) is 4.35. The molecule has 1 aromatic carbocycles. The van der Waals surface area contributed by atoms with Crippen molar-refractivity contribution in [2.24, 2.45) is 5.92 Å². The monoisotopic (exact) mass is 343 g/mol. The average molecular weight is 343 g/mol. The van der Waals surface area contributed by atoms with Crippen molar-refractivity contribution >= 4 is 11.9 Å². The Kier molecular flexibility index (Phi) is 6.54. The summed E-state index contributed by atoms with van der Waals surface area (Å²) in [6.45, 7) is 5.01. The SMILES string of the molecule is COC(=O)[C@@H]1C[C@H](N(Cc2cccc(C#N)c2)C(=O)CC(C)C)CN1. The third-order valence-electron chi connectivity index (χ3n) is 4.35. The van der Waals surface area contributed by atoms with E-state index in [2.05, 4.69) is 11.4 Å². The zero-order valence-corrected chi connectivity index (χ0v) is 15.0. The van der Waals surface area contributed by atoms with Crippen LogP contribution in [-0.2, 0) is 20.9 Å². The van der Waals surface area contributed by atoms with Gasteiger partial charge in [-0.1, -0.05) is 26.0 Å². The second-order valence-corrected chi connectivity index (χ2v) is 6.81. The van der Waals surface area contributed by atoms with Gasteiger partial charge in [0.05, 0.1) is 18.7 Å². The molecular weight excluding hydrogens is 318 g/mol. The summed E-state index contributed by atoms with van der Waals surface area (Å²) in [6, 6.07) is 8.96. The predicted octanol–water partition coefficient (Wildman–Crippen LogP) is 1.84. The zero-order valence-electron chi connectivity index (χ0n) is 15.0. The van der Waals surface area contributed by atoms with E-state index in [-0.39, 0.29) is 29.9 Å². The van der Waals surface area contributed by atoms with Gasteiger partial charge in [0.15, 0.2) is 0 Å². The van der Waals surface area contributed by atoms with Gasteiger partial charge in [-0.05, 0) is 30.0 Å². The number of benzene rings is 1. The summed E-state index contributed by atoms with van der Waals surface area (Å²) in [6.07, 6.45) is 0.992. The Balaban J connectivity index is 2.17. The number of carbonyl (C=O) groups is 2. The molecule has 0 bridgehead atoms. The van der Waals surface area contributed by atoms with Crippen LogP contribution in [-0.4, -0.2) is 42.5 Å². The van der Waals surface area contributed by atoms with Crippen LogP contribution >= 0.6 is 0 Å². The number of methoxy groups -OCH3 is 1. The number of nitrogens with one attached hydrogen (secondary N) is 1. The summed E-state index contributed by atoms with van der Waals surface area (Å²) < 4.78 is 4.79. The van der Waals surface area contributed by atoms with E-state index in [1.165, 1.54) is 7.11 Å². The van der Waals surface area contributed by atoms with Crippen molar-refractivity contribution in [1.82, 2.24) is 10.2 Å². The molecule has 6 nitrogen and oxygen atoms in total. The van der Waals surface area contributed by atoms with Gasteiger partial charge in [0, 0.05) is 25.6 Å². The molecule has 1 aliphatic heterocycles. The second kappa shape index (κ2) is 8.63. The lowest BCUT2D eigenvalue weighted by Crippen LogP contribution is -2.41. The Morgan fingerprint density at radius 3 is 2.84 bits per heavy atom. The molecule has 2 rings (SSSR count). The van der Waals surface area contributed by atoms with Crippen LogP contribution in [0, 0.1) is 17.2 Å². The molecular formula is C19H25N3O3. The maximum absolute atomic E-state index is 12.8. The number of nitrogens with zero attached hydrogens (tertiary/aromatic N) is 2. The fraction of sp³-hybridized carbons (Fsp3) is 0.526. The highest BCUT2D eigenvalue weighted by molar-refractivity contribution is 5.78. The molecule has 0 radical (unpaired) electrons. The van der Waals surface area contributed by atoms with Gasteiger partial charge in [-0.2, -0.15) is 5.26 Å². The molecule has 0 spiro atoms. The van der Waals surface area contributed by atoms with E-state index in [9.17, 15) is 9.59 Å². The molecule has 134 valence electrons. The molecule has 1 aromatic rings. The molecule has 25 heavy (non-hydrogen) atoms. The van der Waals surface area contributed by atoms with Crippen molar-refractivity contribution in [2.75, 3.05) is 13.7 Å². The molecule has 1 saturated heterocycles. The number of esters is 1. The second-order valence-electron chi connectivity index (χ2n) is 6.81. The highest BCUT2D eigenvalue weighted by Crippen LogP contribution is 2.20. The van der Waals surface area contributed by atoms with Crippen molar-refractivity contribution in [3.05, 3.63) is 35.4 Å². The molecule has 0 saturated carbocycles. The molecule has 0 unspecified atom stereocenters. The highest BCUT2D eigenvalue weighted by Gasteiger charge is 2.35. The van der Waals surface area contributed by atoms with Crippen molar-refractivity contribution in [2.45, 2.75) is 45.3 Å². The molecule has 0 aliphatic carbocycles. The lowest BCUT2D eigenvalue weighted by atomic mass is 10.0. The Hall–Kier alpha value is -2.39. The number of rotatable bonds is 6. The summed E-state index contributed by atoms with van der Waals surface area (Å²) in [5.74, 6) is 0.0196. The quantitative estimate of drug-likeness (QED) is 0.797. The minimum atomic E-state index is -0.380. The highest BCUT2D eigenvalue weighted by atomic mass is 16.5. The number of hydrogen-bond donors (Lipinski definition) is 1. The first kappa shape index (κ1) is 18.9. The van der Waals surface area contributed by atoms with Crippen LogP contribution in [0.4, 0.5) is 0 Å². The molecule has 1 heterocycles. The smallest absolute Gasteiger partial charge is 0.322 e. The third kappa shape index (κ3) is 5.04. The lowest BCUT2D eigenvalue weighted by molar-refractivity contribution is -0.143. The van der Waals surface area contributed by atoms with E-state index in [1.54, 1.807) is 12.1 Å². The van der Waals surface area contributed by atoms with Crippen molar-refractivity contribution in [3.63, 3.8) is 0 Å². The average Bonchev–Trinajstić information content (AvgIpc) is 3.08. The Labute approximate surface area is 148 Å². The fourth-order valence-corrected chi connectivity index (χ4v) is 3.10. The first-order chi connectivity index (χ1) is 11.9. The molecule has 6 heteroatoms. The first-order valence-electron chi connectivity index (χ1n) is 8.54. The minimum absolute atomic E-state index is 0.0645. The maximum Gasteiger partial charge on any atom is 0.322 e. The van der Waals surface area contributed by atoms with Crippen molar-refractivity contribution in [3.8, 4) is 6.07 Å². The number of hydrogen-bond acceptors (Lipinski definition) is 5. The minimum Gasteiger partial charge on any atom is -0.468 e. The topological polar surface area (TPSA) is 82.4 Å². The van der Waals surface area contributed by atoms with Gasteiger partial charge < -0.3 is 15.0 Å². The van der Waals surface area contributed by atoms with Crippen LogP contribution < -0.4 is 5.32 Å². The molecule has 1 N–H and O–H groups in total. The molecule has 1 aliphatic rings. The molecule has 1 fully saturated rings. The number of nitriles is 1. The van der Waals surface area contributed by atoms with Crippen LogP contribution in [0.15, 0.2) is 24.3 Å². The largest absolute Gasteiger partial charge is 0.468 e. The maximum atomic E-state index is 12.8. The standard InChI is InChI=1S/C19H25N3O3/c1-13(2)7-18(23)22(12-15-6-4-5-14(8-15)10-20)16-9-17(21-11-16)19(24)25-3/h4-6,8,13,16-17,21H,7,9,11-12H2,1-3H3/t16-,17-/m0/s1. The summed E-state index contributed by atoms with van der Waals surface area (Å²) >= 11 is 0. The van der Waals surface area contributed by atoms with E-state index >= 15 is 0 Å². The summed E-state index contributed by atoms with van der Waals surface area (Å²) in [5, 5.41) is 12.2. The normalized spacial score (nSPS) is 19.5. The van der Waals surface area contributed by atoms with E-state index in [1.807, 2.05) is 30.9 Å². The van der Waals surface area contributed by atoms with Gasteiger partial charge in [-0.25, -0.2) is 0 Å². The zero-order chi connectivity index (χ0) is 18.4. The fourth-order valence-electron chi connectivity index (χ4n) is 3.10. The Bertz CT molecular complexity index is 666. The number of carbonyl (C=O) groups excluding carboxylic acids is 2. The van der Waals surface area contributed by atoms with Gasteiger partial charge in [-0.15, -0.1) is 0 Å². The van der Waals surface area contributed by atoms with Crippen LogP contribution in [0.2, 0.25) is 0 Å². The lowest BCUT2D eigenvalue weighted by Gasteiger charge is -2.29. The van der Waals surface area contributed by atoms with Crippen molar-refractivity contribution in [1.29, 1.82) is 5.26 Å². The predicted molar refractivity (Wildman–Crippen MR) is 93.4 cm³/mol. The number of ether oxygens (including phenoxy) is 1. The number of amides is 1. The van der Waals surface area contributed by atoms with E-state index in [0.29, 0.717) is 31.5 Å². The Morgan fingerprint density at radius 1 is 1.44 bits per heavy atom. The van der Waals surface area contributed by atoms with Crippen LogP contribution in [0.25, 0.3) is 0 Å². The summed E-state index contributed by atoms with van der Waals surface area (Å²) in [4.78, 5) is 26.3. The first-order valence-corrected chi connectivity index (χ1v) is 8.54. The van der Waals surface area contributed by atoms with Gasteiger partial charge in [-0.3, -0.25) is 9.59 Å². The summed E-state index contributed by atoms with van der Waals surface area (Å²) in [5.41, 5.74) is 1.49. The van der Waals surface area contributed by atoms with Gasteiger partial charge in [0.1, 0.15) is 6.04 Å². The van der Waals surface area contributed by atoms with Gasteiger partial charge >= 0.3 is 5.97 Å². The van der Waals surface area contributed by atoms with Crippen molar-refractivity contribution < 1.29 is 14.3 Å². The Morgan fingerprint density at radius 2 is 2.20 bits per heavy atom. The van der Waals surface area contributed by atoms with E-state index in [4.69, 9.17) is 10.00 Å². The molecule has 0 aromatic heterocycles. The van der Waals surface area contributed by atoms with Crippen LogP contribution in [0.1, 0.15) is 37.8 Å². The van der Waals surface area contributed by atoms with Gasteiger partial charge in [0.25, 0.3) is 0 Å². The van der Waals surface area contributed by atoms with Crippen LogP contribution in [0.3, 0.4) is 0 Å². The van der Waals surface area contributed by atoms with E-state index in [0.717, 1.165) is 5.56 Å². The van der Waals surface area contributed by atoms with Crippen LogP contribution in [0.5, 0.6) is 0 Å². The van der Waals surface area contributed by atoms with E-state index < -0.39 is 0 Å². The van der Waals surface area contributed by atoms with Gasteiger partial charge in [0.2, 0.25) is 5.91 Å². The molecule has 2 atom stereocenters. The molecule has 1 amide bonds.